The zero-order valence-electron chi connectivity index (χ0n) is 16.9. The third-order valence-corrected chi connectivity index (χ3v) is 5.35. The molecule has 0 aromatic carbocycles. The number of rotatable bonds is 4. The smallest absolute Gasteiger partial charge is 0.167 e. The van der Waals surface area contributed by atoms with E-state index in [1.807, 2.05) is 19.9 Å². The van der Waals surface area contributed by atoms with Crippen LogP contribution in [0.3, 0.4) is 0 Å². The van der Waals surface area contributed by atoms with Crippen LogP contribution in [-0.2, 0) is 28.7 Å². The highest BCUT2D eigenvalue weighted by molar-refractivity contribution is 5.99. The number of carbonyl (C=O) groups excluding carboxylic acids is 1. The van der Waals surface area contributed by atoms with Crippen molar-refractivity contribution in [2.75, 3.05) is 31.2 Å². The number of pyridine rings is 2. The fourth-order valence-corrected chi connectivity index (χ4v) is 4.15. The first-order valence-corrected chi connectivity index (χ1v) is 10.1. The van der Waals surface area contributed by atoms with Crippen molar-refractivity contribution in [2.24, 2.45) is 0 Å². The van der Waals surface area contributed by atoms with E-state index in [4.69, 9.17) is 14.5 Å². The fraction of sp³-hybridized carbons (Fsp3) is 0.500. The molecule has 1 fully saturated rings. The van der Waals surface area contributed by atoms with Gasteiger partial charge < -0.3 is 14.4 Å². The van der Waals surface area contributed by atoms with Crippen molar-refractivity contribution in [3.05, 3.63) is 52.7 Å². The summed E-state index contributed by atoms with van der Waals surface area (Å²) < 4.78 is 25.0. The minimum absolute atomic E-state index is 0.0476. The summed E-state index contributed by atoms with van der Waals surface area (Å²) >= 11 is 0. The normalized spacial score (nSPS) is 22.1. The molecule has 0 saturated carbocycles. The highest BCUT2D eigenvalue weighted by Crippen LogP contribution is 2.27. The van der Waals surface area contributed by atoms with E-state index in [2.05, 4.69) is 9.88 Å². The van der Waals surface area contributed by atoms with E-state index in [0.717, 1.165) is 36.4 Å². The van der Waals surface area contributed by atoms with Crippen molar-refractivity contribution in [1.82, 2.24) is 9.97 Å². The minimum Gasteiger partial charge on any atom is -0.381 e. The molecule has 1 saturated heterocycles. The van der Waals surface area contributed by atoms with E-state index in [9.17, 15) is 9.18 Å². The number of fused-ring (bicyclic) bond motifs is 1. The second-order valence-electron chi connectivity index (χ2n) is 7.84. The van der Waals surface area contributed by atoms with Gasteiger partial charge in [-0.15, -0.1) is 0 Å². The molecule has 0 unspecified atom stereocenters. The number of aromatic nitrogens is 2. The molecule has 0 amide bonds. The Morgan fingerprint density at radius 3 is 2.69 bits per heavy atom. The van der Waals surface area contributed by atoms with E-state index in [0.29, 0.717) is 37.2 Å². The predicted octanol–water partition coefficient (Wildman–Crippen LogP) is 2.77. The molecular weight excluding hydrogens is 373 g/mol. The Morgan fingerprint density at radius 2 is 1.93 bits per heavy atom. The van der Waals surface area contributed by atoms with E-state index < -0.39 is 5.82 Å². The van der Waals surface area contributed by atoms with Crippen molar-refractivity contribution in [3.8, 4) is 0 Å². The Hall–Kier alpha value is -2.38. The molecule has 2 aromatic rings. The summed E-state index contributed by atoms with van der Waals surface area (Å²) in [5.74, 6) is 0.316. The van der Waals surface area contributed by atoms with Crippen molar-refractivity contribution >= 4 is 11.6 Å². The summed E-state index contributed by atoms with van der Waals surface area (Å²) in [5.41, 5.74) is 3.11. The fourth-order valence-electron chi connectivity index (χ4n) is 4.15. The van der Waals surface area contributed by atoms with Gasteiger partial charge in [0, 0.05) is 43.4 Å². The summed E-state index contributed by atoms with van der Waals surface area (Å²) in [6.07, 6.45) is 4.32. The van der Waals surface area contributed by atoms with Gasteiger partial charge in [0.15, 0.2) is 5.78 Å². The van der Waals surface area contributed by atoms with Crippen LogP contribution in [0.2, 0.25) is 0 Å². The van der Waals surface area contributed by atoms with Crippen molar-refractivity contribution in [1.29, 1.82) is 0 Å². The molecule has 154 valence electrons. The molecule has 2 aromatic heterocycles. The molecule has 6 nitrogen and oxygen atoms in total. The molecule has 2 aliphatic rings. The van der Waals surface area contributed by atoms with Gasteiger partial charge in [-0.25, -0.2) is 9.37 Å². The summed E-state index contributed by atoms with van der Waals surface area (Å²) in [7, 11) is 0. The lowest BCUT2D eigenvalue weighted by Crippen LogP contribution is -2.46. The average Bonchev–Trinajstić information content (AvgIpc) is 2.92. The van der Waals surface area contributed by atoms with Gasteiger partial charge in [-0.05, 0) is 43.5 Å². The highest BCUT2D eigenvalue weighted by atomic mass is 19.1. The molecule has 0 aliphatic carbocycles. The number of ether oxygens (including phenoxy) is 2. The third kappa shape index (κ3) is 4.62. The van der Waals surface area contributed by atoms with Gasteiger partial charge in [0.05, 0.1) is 31.6 Å². The lowest BCUT2D eigenvalue weighted by atomic mass is 9.95. The largest absolute Gasteiger partial charge is 0.381 e. The molecule has 7 heteroatoms. The van der Waals surface area contributed by atoms with Gasteiger partial charge in [0.25, 0.3) is 0 Å². The Balaban J connectivity index is 1.70. The Labute approximate surface area is 170 Å². The lowest BCUT2D eigenvalue weighted by Gasteiger charge is -2.36. The number of nitrogens with zero attached hydrogens (tertiary/aromatic N) is 3. The maximum atomic E-state index is 13.5. The molecule has 0 radical (unpaired) electrons. The quantitative estimate of drug-likeness (QED) is 0.737. The number of morpholine rings is 1. The molecule has 0 spiro atoms. The predicted molar refractivity (Wildman–Crippen MR) is 107 cm³/mol. The van der Waals surface area contributed by atoms with Crippen LogP contribution in [0, 0.1) is 5.82 Å². The van der Waals surface area contributed by atoms with Gasteiger partial charge in [0.2, 0.25) is 0 Å². The standard InChI is InChI=1S/C22H26FN3O3/c1-14-12-26(13-15(2)29-14)22-9-19(18-3-5-28-6-4-20(18)25-22)21(27)8-16-7-17(23)11-24-10-16/h7,9-11,14-15H,3-6,8,12-13H2,1-2H3/t14-,15+. The molecule has 2 atom stereocenters. The summed E-state index contributed by atoms with van der Waals surface area (Å²) in [4.78, 5) is 24.2. The van der Waals surface area contributed by atoms with Crippen LogP contribution in [0.5, 0.6) is 0 Å². The van der Waals surface area contributed by atoms with E-state index in [1.165, 1.54) is 12.3 Å². The van der Waals surface area contributed by atoms with Crippen molar-refractivity contribution in [2.45, 2.75) is 45.3 Å². The van der Waals surface area contributed by atoms with Gasteiger partial charge in [-0.1, -0.05) is 0 Å². The van der Waals surface area contributed by atoms with Crippen LogP contribution in [0.1, 0.15) is 41.0 Å². The number of hydrogen-bond donors (Lipinski definition) is 0. The monoisotopic (exact) mass is 399 g/mol. The number of anilines is 1. The molecule has 4 rings (SSSR count). The average molecular weight is 399 g/mol. The zero-order valence-corrected chi connectivity index (χ0v) is 16.9. The Morgan fingerprint density at radius 1 is 1.17 bits per heavy atom. The lowest BCUT2D eigenvalue weighted by molar-refractivity contribution is -0.00547. The number of halogens is 1. The van der Waals surface area contributed by atoms with Gasteiger partial charge in [-0.2, -0.15) is 0 Å². The molecule has 0 N–H and O–H groups in total. The van der Waals surface area contributed by atoms with E-state index in [1.54, 1.807) is 0 Å². The van der Waals surface area contributed by atoms with Crippen LogP contribution >= 0.6 is 0 Å². The number of ketones is 1. The van der Waals surface area contributed by atoms with Crippen LogP contribution in [-0.4, -0.2) is 54.3 Å². The number of carbonyl (C=O) groups is 1. The Bertz CT molecular complexity index is 895. The van der Waals surface area contributed by atoms with Crippen molar-refractivity contribution in [3.63, 3.8) is 0 Å². The van der Waals surface area contributed by atoms with Crippen LogP contribution in [0.25, 0.3) is 0 Å². The first kappa shape index (κ1) is 19.9. The second kappa shape index (κ2) is 8.55. The topological polar surface area (TPSA) is 64.6 Å². The van der Waals surface area contributed by atoms with Crippen LogP contribution < -0.4 is 4.90 Å². The highest BCUT2D eigenvalue weighted by Gasteiger charge is 2.26. The van der Waals surface area contributed by atoms with Crippen LogP contribution in [0.15, 0.2) is 24.5 Å². The van der Waals surface area contributed by atoms with Crippen LogP contribution in [0.4, 0.5) is 10.2 Å². The second-order valence-corrected chi connectivity index (χ2v) is 7.84. The SMILES string of the molecule is C[C@@H]1CN(c2cc(C(=O)Cc3cncc(F)c3)c3c(n2)CCOCC3)C[C@H](C)O1. The molecule has 0 bridgehead atoms. The van der Waals surface area contributed by atoms with Crippen molar-refractivity contribution < 1.29 is 18.7 Å². The van der Waals surface area contributed by atoms with Gasteiger partial charge in [0.1, 0.15) is 11.6 Å². The summed E-state index contributed by atoms with van der Waals surface area (Å²) in [6, 6.07) is 3.25. The zero-order chi connectivity index (χ0) is 20.4. The summed E-state index contributed by atoms with van der Waals surface area (Å²) in [5, 5.41) is 0. The third-order valence-electron chi connectivity index (χ3n) is 5.35. The number of hydrogen-bond acceptors (Lipinski definition) is 6. The molecular formula is C22H26FN3O3. The van der Waals surface area contributed by atoms with Gasteiger partial charge in [-0.3, -0.25) is 9.78 Å². The Kier molecular flexibility index (Phi) is 5.87. The molecule has 4 heterocycles. The van der Waals surface area contributed by atoms with Gasteiger partial charge >= 0.3 is 0 Å². The van der Waals surface area contributed by atoms with E-state index >= 15 is 0 Å². The minimum atomic E-state index is -0.436. The first-order chi connectivity index (χ1) is 14.0. The summed E-state index contributed by atoms with van der Waals surface area (Å²) in [6.45, 7) is 6.72. The molecule has 2 aliphatic heterocycles. The maximum absolute atomic E-state index is 13.5. The number of Topliss-reactive ketones (excluding diaryl/α,β-unsaturated/α-hetero) is 1. The van der Waals surface area contributed by atoms with E-state index in [-0.39, 0.29) is 24.4 Å². The maximum Gasteiger partial charge on any atom is 0.167 e. The first-order valence-electron chi connectivity index (χ1n) is 10.1. The molecule has 29 heavy (non-hydrogen) atoms.